The van der Waals surface area contributed by atoms with E-state index in [0.717, 1.165) is 48.0 Å². The van der Waals surface area contributed by atoms with Crippen LogP contribution in [0.25, 0.3) is 22.0 Å². The SMILES string of the molecule is CN1CCC(N(Cc2cc(-c3ccc4[nH]ncc4c3)ccc2F)C(=O)c2ccc(F)cc2)CC1. The van der Waals surface area contributed by atoms with Gasteiger partial charge in [-0.3, -0.25) is 9.89 Å². The summed E-state index contributed by atoms with van der Waals surface area (Å²) in [6.45, 7) is 1.88. The van der Waals surface area contributed by atoms with Crippen molar-refractivity contribution in [3.05, 3.63) is 89.6 Å². The van der Waals surface area contributed by atoms with Crippen molar-refractivity contribution in [1.82, 2.24) is 20.0 Å². The van der Waals surface area contributed by atoms with Gasteiger partial charge in [0.1, 0.15) is 11.6 Å². The minimum atomic E-state index is -0.393. The van der Waals surface area contributed by atoms with Crippen LogP contribution < -0.4 is 0 Å². The highest BCUT2D eigenvalue weighted by atomic mass is 19.1. The summed E-state index contributed by atoms with van der Waals surface area (Å²) in [5.41, 5.74) is 3.62. The van der Waals surface area contributed by atoms with Crippen molar-refractivity contribution >= 4 is 16.8 Å². The number of amides is 1. The molecule has 1 fully saturated rings. The number of piperidine rings is 1. The summed E-state index contributed by atoms with van der Waals surface area (Å²) < 4.78 is 28.4. The molecule has 4 aromatic rings. The minimum absolute atomic E-state index is 0.0147. The topological polar surface area (TPSA) is 52.2 Å². The number of aromatic nitrogens is 2. The van der Waals surface area contributed by atoms with Gasteiger partial charge in [0, 0.05) is 29.1 Å². The van der Waals surface area contributed by atoms with Gasteiger partial charge in [0.05, 0.1) is 11.7 Å². The van der Waals surface area contributed by atoms with E-state index < -0.39 is 5.82 Å². The molecule has 1 aromatic heterocycles. The molecule has 1 N–H and O–H groups in total. The molecule has 0 atom stereocenters. The first-order valence-corrected chi connectivity index (χ1v) is 11.4. The van der Waals surface area contributed by atoms with Gasteiger partial charge >= 0.3 is 0 Å². The molecular formula is C27H26F2N4O. The van der Waals surface area contributed by atoms with Gasteiger partial charge in [-0.2, -0.15) is 5.10 Å². The zero-order chi connectivity index (χ0) is 23.7. The molecule has 0 radical (unpaired) electrons. The molecular weight excluding hydrogens is 434 g/mol. The molecule has 2 heterocycles. The largest absolute Gasteiger partial charge is 0.331 e. The molecule has 0 saturated carbocycles. The molecule has 174 valence electrons. The molecule has 1 aliphatic heterocycles. The number of hydrogen-bond acceptors (Lipinski definition) is 3. The van der Waals surface area contributed by atoms with E-state index in [-0.39, 0.29) is 24.3 Å². The molecule has 1 amide bonds. The fourth-order valence-corrected chi connectivity index (χ4v) is 4.61. The highest BCUT2D eigenvalue weighted by Crippen LogP contribution is 2.28. The van der Waals surface area contributed by atoms with Crippen molar-refractivity contribution in [3.8, 4) is 11.1 Å². The molecule has 5 nitrogen and oxygen atoms in total. The molecule has 0 unspecified atom stereocenters. The zero-order valence-corrected chi connectivity index (χ0v) is 19.0. The summed E-state index contributed by atoms with van der Waals surface area (Å²) in [6, 6.07) is 16.5. The Labute approximate surface area is 197 Å². The lowest BCUT2D eigenvalue weighted by molar-refractivity contribution is 0.0567. The van der Waals surface area contributed by atoms with Crippen molar-refractivity contribution in [2.24, 2.45) is 0 Å². The maximum atomic E-state index is 15.0. The third-order valence-corrected chi connectivity index (χ3v) is 6.64. The van der Waals surface area contributed by atoms with Crippen molar-refractivity contribution in [3.63, 3.8) is 0 Å². The number of carbonyl (C=O) groups excluding carboxylic acids is 1. The summed E-state index contributed by atoms with van der Waals surface area (Å²) >= 11 is 0. The number of rotatable bonds is 5. The number of aromatic amines is 1. The number of nitrogens with zero attached hydrogens (tertiary/aromatic N) is 3. The highest BCUT2D eigenvalue weighted by Gasteiger charge is 2.28. The molecule has 1 aliphatic rings. The third-order valence-electron chi connectivity index (χ3n) is 6.64. The Hall–Kier alpha value is -3.58. The van der Waals surface area contributed by atoms with Crippen LogP contribution in [0.15, 0.2) is 66.9 Å². The van der Waals surface area contributed by atoms with Crippen LogP contribution >= 0.6 is 0 Å². The Morgan fingerprint density at radius 1 is 1.03 bits per heavy atom. The van der Waals surface area contributed by atoms with Crippen LogP contribution in [0.3, 0.4) is 0 Å². The van der Waals surface area contributed by atoms with E-state index >= 15 is 0 Å². The third kappa shape index (κ3) is 4.56. The standard InChI is InChI=1S/C27H26F2N4O/c1-32-12-10-24(11-13-32)33(27(34)18-2-6-23(28)7-3-18)17-22-15-19(4-8-25(22)29)20-5-9-26-21(14-20)16-30-31-26/h2-9,14-16,24H,10-13,17H2,1H3,(H,30,31). The molecule has 34 heavy (non-hydrogen) atoms. The van der Waals surface area contributed by atoms with E-state index in [4.69, 9.17) is 0 Å². The lowest BCUT2D eigenvalue weighted by Crippen LogP contribution is -2.46. The zero-order valence-electron chi connectivity index (χ0n) is 19.0. The fraction of sp³-hybridized carbons (Fsp3) is 0.259. The van der Waals surface area contributed by atoms with Gasteiger partial charge in [0.15, 0.2) is 0 Å². The van der Waals surface area contributed by atoms with E-state index in [1.54, 1.807) is 17.2 Å². The van der Waals surface area contributed by atoms with Crippen molar-refractivity contribution < 1.29 is 13.6 Å². The quantitative estimate of drug-likeness (QED) is 0.443. The van der Waals surface area contributed by atoms with Crippen molar-refractivity contribution in [2.45, 2.75) is 25.4 Å². The van der Waals surface area contributed by atoms with Crippen LogP contribution in [0.4, 0.5) is 8.78 Å². The van der Waals surface area contributed by atoms with Crippen LogP contribution in [-0.2, 0) is 6.54 Å². The number of nitrogens with one attached hydrogen (secondary N) is 1. The maximum Gasteiger partial charge on any atom is 0.254 e. The van der Waals surface area contributed by atoms with Crippen LogP contribution in [0.5, 0.6) is 0 Å². The minimum Gasteiger partial charge on any atom is -0.331 e. The summed E-state index contributed by atoms with van der Waals surface area (Å²) in [6.07, 6.45) is 3.37. The average Bonchev–Trinajstić information content (AvgIpc) is 3.32. The second kappa shape index (κ2) is 9.35. The van der Waals surface area contributed by atoms with Gasteiger partial charge in [0.2, 0.25) is 0 Å². The van der Waals surface area contributed by atoms with Crippen LogP contribution in [-0.4, -0.2) is 52.1 Å². The molecule has 0 bridgehead atoms. The van der Waals surface area contributed by atoms with Crippen LogP contribution in [0, 0.1) is 11.6 Å². The van der Waals surface area contributed by atoms with E-state index in [1.807, 2.05) is 24.3 Å². The Bertz CT molecular complexity index is 1310. The number of halogens is 2. The Morgan fingerprint density at radius 3 is 2.50 bits per heavy atom. The monoisotopic (exact) mass is 460 g/mol. The van der Waals surface area contributed by atoms with E-state index in [9.17, 15) is 13.6 Å². The summed E-state index contributed by atoms with van der Waals surface area (Å²) in [5, 5.41) is 7.97. The fourth-order valence-electron chi connectivity index (χ4n) is 4.61. The number of hydrogen-bond donors (Lipinski definition) is 1. The van der Waals surface area contributed by atoms with Gasteiger partial charge in [-0.05, 0) is 92.6 Å². The lowest BCUT2D eigenvalue weighted by Gasteiger charge is -2.37. The Kier molecular flexibility index (Phi) is 6.11. The first-order chi connectivity index (χ1) is 16.5. The second-order valence-electron chi connectivity index (χ2n) is 8.95. The molecule has 0 spiro atoms. The Morgan fingerprint density at radius 2 is 1.74 bits per heavy atom. The summed E-state index contributed by atoms with van der Waals surface area (Å²) in [4.78, 5) is 17.5. The molecule has 0 aliphatic carbocycles. The number of H-pyrrole nitrogens is 1. The first-order valence-electron chi connectivity index (χ1n) is 11.4. The smallest absolute Gasteiger partial charge is 0.254 e. The normalized spacial score (nSPS) is 15.0. The van der Waals surface area contributed by atoms with Crippen molar-refractivity contribution in [2.75, 3.05) is 20.1 Å². The predicted molar refractivity (Wildman–Crippen MR) is 128 cm³/mol. The van der Waals surface area contributed by atoms with E-state index in [0.29, 0.717) is 11.1 Å². The molecule has 3 aromatic carbocycles. The average molecular weight is 461 g/mol. The number of fused-ring (bicyclic) bond motifs is 1. The number of likely N-dealkylation sites (tertiary alicyclic amines) is 1. The van der Waals surface area contributed by atoms with Gasteiger partial charge in [0.25, 0.3) is 5.91 Å². The molecule has 7 heteroatoms. The van der Waals surface area contributed by atoms with Gasteiger partial charge in [-0.1, -0.05) is 12.1 Å². The summed E-state index contributed by atoms with van der Waals surface area (Å²) in [7, 11) is 2.06. The Balaban J connectivity index is 1.47. The lowest BCUT2D eigenvalue weighted by atomic mass is 9.98. The number of benzene rings is 3. The van der Waals surface area contributed by atoms with Crippen LogP contribution in [0.2, 0.25) is 0 Å². The van der Waals surface area contributed by atoms with Gasteiger partial charge < -0.3 is 9.80 Å². The highest BCUT2D eigenvalue weighted by molar-refractivity contribution is 5.94. The van der Waals surface area contributed by atoms with Crippen LogP contribution in [0.1, 0.15) is 28.8 Å². The maximum absolute atomic E-state index is 15.0. The molecule has 5 rings (SSSR count). The van der Waals surface area contributed by atoms with E-state index in [2.05, 4.69) is 22.1 Å². The number of carbonyl (C=O) groups is 1. The van der Waals surface area contributed by atoms with Crippen molar-refractivity contribution in [1.29, 1.82) is 0 Å². The van der Waals surface area contributed by atoms with E-state index in [1.165, 1.54) is 30.3 Å². The van der Waals surface area contributed by atoms with Gasteiger partial charge in [-0.25, -0.2) is 8.78 Å². The first kappa shape index (κ1) is 22.2. The van der Waals surface area contributed by atoms with Gasteiger partial charge in [-0.15, -0.1) is 0 Å². The second-order valence-corrected chi connectivity index (χ2v) is 8.95. The predicted octanol–water partition coefficient (Wildman–Crippen LogP) is 5.24. The summed E-state index contributed by atoms with van der Waals surface area (Å²) in [5.74, 6) is -0.951. The molecule has 1 saturated heterocycles.